The SMILES string of the molecule is CC[C@H](C)[C@H](CO)N1C(=O)[C@@H]2[C@H]3C(=O)O[C@H](c4ccccc4)[C@@H](C)N(C)C(=O)CC/C=C\[C@H]3O[C@@]23C=CCN(C2CCCCC2)C(=O)[C@@H]13. The molecule has 48 heavy (non-hydrogen) atoms. The number of ether oxygens (including phenoxy) is 2. The molecular formula is C38H51N3O7. The Morgan fingerprint density at radius 3 is 2.44 bits per heavy atom. The second kappa shape index (κ2) is 14.2. The molecule has 9 atom stereocenters. The van der Waals surface area contributed by atoms with Crippen molar-refractivity contribution in [3.05, 3.63) is 60.2 Å². The first-order valence-electron chi connectivity index (χ1n) is 17.9. The summed E-state index contributed by atoms with van der Waals surface area (Å²) in [6, 6.07) is 7.23. The van der Waals surface area contributed by atoms with E-state index >= 15 is 0 Å². The third kappa shape index (κ3) is 5.89. The Balaban J connectivity index is 1.46. The van der Waals surface area contributed by atoms with Crippen LogP contribution in [0.2, 0.25) is 0 Å². The van der Waals surface area contributed by atoms with Crippen LogP contribution >= 0.6 is 0 Å². The van der Waals surface area contributed by atoms with Crippen molar-refractivity contribution >= 4 is 23.7 Å². The van der Waals surface area contributed by atoms with Gasteiger partial charge in [0.05, 0.1) is 30.7 Å². The van der Waals surface area contributed by atoms with E-state index in [1.165, 1.54) is 0 Å². The second-order valence-corrected chi connectivity index (χ2v) is 14.4. The van der Waals surface area contributed by atoms with Crippen molar-refractivity contribution in [2.75, 3.05) is 20.2 Å². The topological polar surface area (TPSA) is 117 Å². The zero-order valence-electron chi connectivity index (χ0n) is 28.7. The zero-order valence-corrected chi connectivity index (χ0v) is 28.7. The molecule has 5 aliphatic rings. The van der Waals surface area contributed by atoms with E-state index in [9.17, 15) is 24.3 Å². The summed E-state index contributed by atoms with van der Waals surface area (Å²) in [5.41, 5.74) is -0.699. The van der Waals surface area contributed by atoms with Gasteiger partial charge in [0.2, 0.25) is 17.7 Å². The number of amides is 3. The molecule has 10 heteroatoms. The number of allylic oxidation sites excluding steroid dienone is 1. The molecule has 1 spiro atoms. The summed E-state index contributed by atoms with van der Waals surface area (Å²) in [7, 11) is 1.72. The fourth-order valence-corrected chi connectivity index (χ4v) is 8.74. The fraction of sp³-hybridized carbons (Fsp3) is 0.632. The molecule has 3 fully saturated rings. The lowest BCUT2D eigenvalue weighted by Gasteiger charge is -2.42. The van der Waals surface area contributed by atoms with Gasteiger partial charge in [0.1, 0.15) is 23.7 Å². The standard InChI is InChI=1S/C38H51N3O7/c1-5-24(2)28(23-42)41-34-36(45)40(27-17-10-7-11-18-27)22-14-21-38(34)32(35(41)44)31-29(48-38)19-12-13-20-30(43)39(4)25(3)33(47-37(31)46)26-15-8-6-9-16-26/h6,8-9,12,14-16,19,21,24-25,27-29,31-34,42H,5,7,10-11,13,17-18,20,22-23H2,1-4H3/b19-12-/t24-,25+,28-,29+,31-,32-,33-,34+,38-/m0/s1. The lowest BCUT2D eigenvalue weighted by Crippen LogP contribution is -2.60. The number of hydrogen-bond donors (Lipinski definition) is 1. The number of carbonyl (C=O) groups excluding carboxylic acids is 4. The summed E-state index contributed by atoms with van der Waals surface area (Å²) >= 11 is 0. The average molecular weight is 662 g/mol. The van der Waals surface area contributed by atoms with Crippen molar-refractivity contribution in [1.29, 1.82) is 0 Å². The number of cyclic esters (lactones) is 1. The molecule has 1 aliphatic carbocycles. The smallest absolute Gasteiger partial charge is 0.313 e. The van der Waals surface area contributed by atoms with E-state index in [1.54, 1.807) is 22.9 Å². The lowest BCUT2D eigenvalue weighted by atomic mass is 9.77. The van der Waals surface area contributed by atoms with Crippen LogP contribution in [-0.2, 0) is 28.7 Å². The predicted molar refractivity (Wildman–Crippen MR) is 179 cm³/mol. The summed E-state index contributed by atoms with van der Waals surface area (Å²) in [6.07, 6.45) is 12.1. The molecule has 10 nitrogen and oxygen atoms in total. The van der Waals surface area contributed by atoms with Crippen molar-refractivity contribution in [2.24, 2.45) is 17.8 Å². The van der Waals surface area contributed by atoms with Gasteiger partial charge in [-0.3, -0.25) is 19.2 Å². The quantitative estimate of drug-likeness (QED) is 0.359. The minimum Gasteiger partial charge on any atom is -0.455 e. The van der Waals surface area contributed by atoms with Crippen molar-refractivity contribution in [3.63, 3.8) is 0 Å². The van der Waals surface area contributed by atoms with E-state index in [2.05, 4.69) is 0 Å². The Morgan fingerprint density at radius 2 is 1.75 bits per heavy atom. The number of carbonyl (C=O) groups is 4. The van der Waals surface area contributed by atoms with Crippen LogP contribution in [-0.4, -0.2) is 99.6 Å². The van der Waals surface area contributed by atoms with Crippen LogP contribution in [0.25, 0.3) is 0 Å². The minimum absolute atomic E-state index is 0.0559. The van der Waals surface area contributed by atoms with E-state index in [0.717, 1.165) is 37.7 Å². The number of aliphatic hydroxyl groups is 1. The first kappa shape index (κ1) is 34.4. The van der Waals surface area contributed by atoms with Gasteiger partial charge in [0.15, 0.2) is 0 Å². The Hall–Kier alpha value is -3.50. The van der Waals surface area contributed by atoms with Crippen LogP contribution in [0.5, 0.6) is 0 Å². The molecule has 260 valence electrons. The van der Waals surface area contributed by atoms with Gasteiger partial charge in [-0.25, -0.2) is 0 Å². The van der Waals surface area contributed by atoms with Crippen molar-refractivity contribution in [1.82, 2.24) is 14.7 Å². The van der Waals surface area contributed by atoms with E-state index in [1.807, 2.05) is 74.2 Å². The summed E-state index contributed by atoms with van der Waals surface area (Å²) in [5, 5.41) is 10.7. The fourth-order valence-electron chi connectivity index (χ4n) is 8.74. The van der Waals surface area contributed by atoms with E-state index in [-0.39, 0.29) is 42.7 Å². The molecule has 2 saturated heterocycles. The summed E-state index contributed by atoms with van der Waals surface area (Å²) in [4.78, 5) is 62.7. The molecule has 0 bridgehead atoms. The largest absolute Gasteiger partial charge is 0.455 e. The molecule has 3 amide bonds. The average Bonchev–Trinajstić information content (AvgIpc) is 3.49. The molecule has 4 heterocycles. The van der Waals surface area contributed by atoms with Crippen molar-refractivity contribution in [3.8, 4) is 0 Å². The van der Waals surface area contributed by atoms with Gasteiger partial charge < -0.3 is 29.3 Å². The number of likely N-dealkylation sites (N-methyl/N-ethyl adjacent to an activating group) is 1. The number of hydrogen-bond acceptors (Lipinski definition) is 7. The number of nitrogens with zero attached hydrogens (tertiary/aromatic N) is 3. The van der Waals surface area contributed by atoms with Crippen LogP contribution in [0, 0.1) is 17.8 Å². The van der Waals surface area contributed by atoms with Crippen molar-refractivity contribution < 1.29 is 33.8 Å². The van der Waals surface area contributed by atoms with Gasteiger partial charge in [-0.15, -0.1) is 0 Å². The van der Waals surface area contributed by atoms with E-state index in [0.29, 0.717) is 19.4 Å². The third-order valence-corrected chi connectivity index (χ3v) is 11.8. The van der Waals surface area contributed by atoms with Gasteiger partial charge in [0.25, 0.3) is 0 Å². The second-order valence-electron chi connectivity index (χ2n) is 14.4. The number of likely N-dealkylation sites (tertiary alicyclic amines) is 1. The molecule has 0 radical (unpaired) electrons. The Labute approximate surface area is 284 Å². The number of rotatable bonds is 6. The Bertz CT molecular complexity index is 1420. The monoisotopic (exact) mass is 661 g/mol. The van der Waals surface area contributed by atoms with E-state index in [4.69, 9.17) is 9.47 Å². The molecule has 4 aliphatic heterocycles. The molecule has 1 N–H and O–H groups in total. The first-order chi connectivity index (χ1) is 23.1. The van der Waals surface area contributed by atoms with Gasteiger partial charge in [0, 0.05) is 26.1 Å². The summed E-state index contributed by atoms with van der Waals surface area (Å²) in [5.74, 6) is -3.44. The van der Waals surface area contributed by atoms with Crippen LogP contribution < -0.4 is 0 Å². The van der Waals surface area contributed by atoms with Crippen molar-refractivity contribution in [2.45, 2.75) is 114 Å². The highest BCUT2D eigenvalue weighted by molar-refractivity contribution is 5.99. The van der Waals surface area contributed by atoms with Crippen LogP contribution in [0.15, 0.2) is 54.6 Å². The highest BCUT2D eigenvalue weighted by atomic mass is 16.6. The maximum absolute atomic E-state index is 14.9. The number of esters is 1. The zero-order chi connectivity index (χ0) is 34.2. The van der Waals surface area contributed by atoms with Crippen LogP contribution in [0.1, 0.15) is 83.8 Å². The van der Waals surface area contributed by atoms with E-state index < -0.39 is 53.7 Å². The van der Waals surface area contributed by atoms with Gasteiger partial charge in [-0.1, -0.05) is 94.2 Å². The number of benzene rings is 1. The number of aliphatic hydroxyl groups excluding tert-OH is 1. The molecule has 6 rings (SSSR count). The first-order valence-corrected chi connectivity index (χ1v) is 17.9. The molecule has 1 saturated carbocycles. The summed E-state index contributed by atoms with van der Waals surface area (Å²) in [6.45, 7) is 5.92. The number of fused-ring (bicyclic) bond motifs is 2. The molecular weight excluding hydrogens is 610 g/mol. The van der Waals surface area contributed by atoms with Gasteiger partial charge in [-0.05, 0) is 37.7 Å². The molecule has 1 aromatic rings. The highest BCUT2D eigenvalue weighted by Crippen LogP contribution is 2.54. The van der Waals surface area contributed by atoms with Gasteiger partial charge >= 0.3 is 5.97 Å². The summed E-state index contributed by atoms with van der Waals surface area (Å²) < 4.78 is 13.3. The maximum Gasteiger partial charge on any atom is 0.313 e. The molecule has 0 aromatic heterocycles. The Kier molecular flexibility index (Phi) is 10.1. The minimum atomic E-state index is -1.43. The normalized spacial score (nSPS) is 35.1. The predicted octanol–water partition coefficient (Wildman–Crippen LogP) is 4.19. The Morgan fingerprint density at radius 1 is 1.02 bits per heavy atom. The highest BCUT2D eigenvalue weighted by Gasteiger charge is 2.73. The van der Waals surface area contributed by atoms with Gasteiger partial charge in [-0.2, -0.15) is 0 Å². The molecule has 0 unspecified atom stereocenters. The van der Waals surface area contributed by atoms with Crippen LogP contribution in [0.3, 0.4) is 0 Å². The maximum atomic E-state index is 14.9. The molecule has 1 aromatic carbocycles. The van der Waals surface area contributed by atoms with Crippen LogP contribution in [0.4, 0.5) is 0 Å². The lowest BCUT2D eigenvalue weighted by molar-refractivity contribution is -0.165. The third-order valence-electron chi connectivity index (χ3n) is 11.8.